The van der Waals surface area contributed by atoms with Crippen LogP contribution in [0.4, 0.5) is 0 Å². The maximum atomic E-state index is 2.86. The monoisotopic (exact) mass is 224 g/mol. The minimum Gasteiger partial charge on any atom is -0.348 e. The standard InChI is InChI=1S/C15H16N2/c1-3-13-8-14-4-2-12-7-10-5-9-6-11(1)16(13)15(9,10)17(12)14/h1,3-4,9-10,12H,2,5-8H2/t9?,10?,12?,15-/m0/s1. The maximum Gasteiger partial charge on any atom is 0.123 e. The SMILES string of the molecule is C1=C2Cc3ccc4n3[C@]35C(C4)CC3CC(C1)N25. The zero-order valence-corrected chi connectivity index (χ0v) is 9.89. The molecule has 1 saturated heterocycles. The number of allylic oxidation sites excluding steroid dienone is 1. The van der Waals surface area contributed by atoms with Crippen LogP contribution in [0.3, 0.4) is 0 Å². The van der Waals surface area contributed by atoms with Crippen molar-refractivity contribution >= 4 is 0 Å². The van der Waals surface area contributed by atoms with Crippen LogP contribution in [0.15, 0.2) is 23.9 Å². The van der Waals surface area contributed by atoms with Gasteiger partial charge < -0.3 is 9.47 Å². The fraction of sp³-hybridized carbons (Fsp3) is 0.600. The maximum absolute atomic E-state index is 2.86. The summed E-state index contributed by atoms with van der Waals surface area (Å²) in [6, 6.07) is 5.64. The molecule has 2 heteroatoms. The van der Waals surface area contributed by atoms with Crippen molar-refractivity contribution in [2.45, 2.75) is 43.8 Å². The van der Waals surface area contributed by atoms with E-state index in [1.165, 1.54) is 32.1 Å². The van der Waals surface area contributed by atoms with Gasteiger partial charge in [0.1, 0.15) is 5.66 Å². The molecule has 2 nitrogen and oxygen atoms in total. The van der Waals surface area contributed by atoms with E-state index in [1.54, 1.807) is 17.1 Å². The smallest absolute Gasteiger partial charge is 0.123 e. The molecule has 1 aromatic heterocycles. The summed E-state index contributed by atoms with van der Waals surface area (Å²) in [6.07, 6.45) is 9.32. The van der Waals surface area contributed by atoms with Crippen LogP contribution in [0.1, 0.15) is 30.7 Å². The molecule has 1 spiro atoms. The van der Waals surface area contributed by atoms with Crippen molar-refractivity contribution in [2.24, 2.45) is 11.8 Å². The molecule has 5 heterocycles. The van der Waals surface area contributed by atoms with E-state index in [1.807, 2.05) is 0 Å². The van der Waals surface area contributed by atoms with Crippen LogP contribution in [0.25, 0.3) is 0 Å². The minimum atomic E-state index is 0.430. The Balaban J connectivity index is 1.76. The van der Waals surface area contributed by atoms with Crippen molar-refractivity contribution in [1.82, 2.24) is 9.47 Å². The Morgan fingerprint density at radius 2 is 2.06 bits per heavy atom. The lowest BCUT2D eigenvalue weighted by molar-refractivity contribution is -0.0948. The first kappa shape index (κ1) is 8.02. The Hall–Kier alpha value is -1.18. The number of nitrogens with zero attached hydrogens (tertiary/aromatic N) is 2. The molecule has 5 aliphatic rings. The van der Waals surface area contributed by atoms with Crippen molar-refractivity contribution in [1.29, 1.82) is 0 Å². The topological polar surface area (TPSA) is 8.17 Å². The third kappa shape index (κ3) is 0.580. The quantitative estimate of drug-likeness (QED) is 0.656. The highest BCUT2D eigenvalue weighted by atomic mass is 15.5. The van der Waals surface area contributed by atoms with Crippen LogP contribution < -0.4 is 0 Å². The molecule has 0 bridgehead atoms. The molecule has 0 amide bonds. The van der Waals surface area contributed by atoms with E-state index in [9.17, 15) is 0 Å². The van der Waals surface area contributed by atoms with Gasteiger partial charge in [-0.2, -0.15) is 0 Å². The predicted octanol–water partition coefficient (Wildman–Crippen LogP) is 2.25. The van der Waals surface area contributed by atoms with Gasteiger partial charge >= 0.3 is 0 Å². The molecule has 1 aromatic rings. The minimum absolute atomic E-state index is 0.430. The first-order valence-electron chi connectivity index (χ1n) is 7.07. The van der Waals surface area contributed by atoms with Crippen LogP contribution in [-0.2, 0) is 18.5 Å². The van der Waals surface area contributed by atoms with Crippen molar-refractivity contribution in [3.8, 4) is 0 Å². The van der Waals surface area contributed by atoms with E-state index >= 15 is 0 Å². The van der Waals surface area contributed by atoms with Gasteiger partial charge in [0.25, 0.3) is 0 Å². The van der Waals surface area contributed by atoms with Crippen molar-refractivity contribution in [3.63, 3.8) is 0 Å². The molecule has 6 rings (SSSR count). The van der Waals surface area contributed by atoms with Gasteiger partial charge in [-0.3, -0.25) is 0 Å². The first-order chi connectivity index (χ1) is 8.39. The van der Waals surface area contributed by atoms with Crippen molar-refractivity contribution < 1.29 is 0 Å². The van der Waals surface area contributed by atoms with Crippen LogP contribution >= 0.6 is 0 Å². The fourth-order valence-corrected chi connectivity index (χ4v) is 5.87. The van der Waals surface area contributed by atoms with Gasteiger partial charge in [0, 0.05) is 41.4 Å². The average Bonchev–Trinajstić information content (AvgIpc) is 3.00. The molecule has 2 fully saturated rings. The second-order valence-electron chi connectivity index (χ2n) is 6.64. The summed E-state index contributed by atoms with van der Waals surface area (Å²) in [7, 11) is 0. The lowest BCUT2D eigenvalue weighted by Crippen LogP contribution is -2.61. The van der Waals surface area contributed by atoms with E-state index in [2.05, 4.69) is 27.7 Å². The highest BCUT2D eigenvalue weighted by Crippen LogP contribution is 2.68. The molecule has 86 valence electrons. The normalized spacial score (nSPS) is 46.7. The molecule has 4 aliphatic heterocycles. The largest absolute Gasteiger partial charge is 0.348 e. The van der Waals surface area contributed by atoms with Gasteiger partial charge in [-0.1, -0.05) is 6.08 Å². The number of hydrogen-bond acceptors (Lipinski definition) is 1. The average molecular weight is 224 g/mol. The highest BCUT2D eigenvalue weighted by Gasteiger charge is 2.70. The highest BCUT2D eigenvalue weighted by molar-refractivity contribution is 5.40. The Morgan fingerprint density at radius 3 is 3.06 bits per heavy atom. The van der Waals surface area contributed by atoms with Crippen LogP contribution in [0.5, 0.6) is 0 Å². The molecular weight excluding hydrogens is 208 g/mol. The second-order valence-corrected chi connectivity index (χ2v) is 6.64. The number of rotatable bonds is 0. The zero-order valence-electron chi connectivity index (χ0n) is 9.89. The van der Waals surface area contributed by atoms with Crippen molar-refractivity contribution in [3.05, 3.63) is 35.3 Å². The zero-order chi connectivity index (χ0) is 10.8. The molecule has 0 N–H and O–H groups in total. The summed E-state index contributed by atoms with van der Waals surface area (Å²) >= 11 is 0. The molecule has 1 aliphatic carbocycles. The number of aromatic nitrogens is 1. The summed E-state index contributed by atoms with van der Waals surface area (Å²) in [5, 5.41) is 0. The summed E-state index contributed by atoms with van der Waals surface area (Å²) in [5.41, 5.74) is 5.30. The molecular formula is C15H16N2. The predicted molar refractivity (Wildman–Crippen MR) is 64.4 cm³/mol. The van der Waals surface area contributed by atoms with Gasteiger partial charge in [-0.05, 0) is 37.8 Å². The van der Waals surface area contributed by atoms with Gasteiger partial charge in [0.15, 0.2) is 0 Å². The molecule has 0 aromatic carbocycles. The van der Waals surface area contributed by atoms with E-state index in [4.69, 9.17) is 0 Å². The molecule has 1 saturated carbocycles. The molecule has 0 radical (unpaired) electrons. The number of hydrogen-bond donors (Lipinski definition) is 0. The lowest BCUT2D eigenvalue weighted by atomic mass is 9.64. The summed E-state index contributed by atoms with van der Waals surface area (Å²) in [4.78, 5) is 2.86. The van der Waals surface area contributed by atoms with Crippen LogP contribution in [0.2, 0.25) is 0 Å². The van der Waals surface area contributed by atoms with E-state index in [0.717, 1.165) is 17.9 Å². The van der Waals surface area contributed by atoms with E-state index in [0.29, 0.717) is 5.66 Å². The summed E-state index contributed by atoms with van der Waals surface area (Å²) in [6.45, 7) is 0. The Kier molecular flexibility index (Phi) is 0.984. The van der Waals surface area contributed by atoms with E-state index < -0.39 is 0 Å². The Bertz CT molecular complexity index is 596. The van der Waals surface area contributed by atoms with Crippen LogP contribution in [-0.4, -0.2) is 15.5 Å². The molecule has 17 heavy (non-hydrogen) atoms. The van der Waals surface area contributed by atoms with E-state index in [-0.39, 0.29) is 0 Å². The Labute approximate surface area is 101 Å². The fourth-order valence-electron chi connectivity index (χ4n) is 5.87. The summed E-state index contributed by atoms with van der Waals surface area (Å²) < 4.78 is 2.76. The third-order valence-electron chi connectivity index (χ3n) is 6.23. The lowest BCUT2D eigenvalue weighted by Gasteiger charge is -2.57. The van der Waals surface area contributed by atoms with Gasteiger partial charge in [-0.15, -0.1) is 0 Å². The third-order valence-corrected chi connectivity index (χ3v) is 6.23. The second kappa shape index (κ2) is 2.09. The first-order valence-corrected chi connectivity index (χ1v) is 7.07. The Morgan fingerprint density at radius 1 is 1.12 bits per heavy atom. The van der Waals surface area contributed by atoms with Gasteiger partial charge in [0.2, 0.25) is 0 Å². The van der Waals surface area contributed by atoms with Crippen LogP contribution in [0, 0.1) is 11.8 Å². The van der Waals surface area contributed by atoms with Crippen molar-refractivity contribution in [2.75, 3.05) is 0 Å². The van der Waals surface area contributed by atoms with Gasteiger partial charge in [-0.25, -0.2) is 0 Å². The summed E-state index contributed by atoms with van der Waals surface area (Å²) in [5.74, 6) is 1.88. The van der Waals surface area contributed by atoms with Gasteiger partial charge in [0.05, 0.1) is 0 Å². The molecule has 3 unspecified atom stereocenters. The molecule has 4 atom stereocenters.